The lowest BCUT2D eigenvalue weighted by Crippen LogP contribution is -2.35. The number of piperidine rings is 1. The van der Waals surface area contributed by atoms with Gasteiger partial charge in [0.15, 0.2) is 11.6 Å². The lowest BCUT2D eigenvalue weighted by Gasteiger charge is -2.23. The average Bonchev–Trinajstić information content (AvgIpc) is 3.26. The van der Waals surface area contributed by atoms with Crippen molar-refractivity contribution in [1.82, 2.24) is 15.3 Å². The van der Waals surface area contributed by atoms with E-state index < -0.39 is 18.0 Å². The maximum atomic E-state index is 14.7. The number of methoxy groups -OCH3 is 1. The van der Waals surface area contributed by atoms with E-state index in [1.54, 1.807) is 25.3 Å². The molecule has 2 saturated heterocycles. The number of hydrogen-bond donors (Lipinski definition) is 3. The summed E-state index contributed by atoms with van der Waals surface area (Å²) in [4.78, 5) is 11.6. The first-order valence-electron chi connectivity index (χ1n) is 11.5. The standard InChI is InChI=1S/C25H30FN5O2/c1-14(27)25(32)20-4-3-15(11-29-20)21-8-23(31-12-16-5-6-28-10-17(16)13-31)18-7-19(26)24(33-2)9-22(18)30-21/h3-4,7-9,11,14,16-17,25,28,32H,5-6,10,12-13,27H2,1-2H3. The molecule has 8 heteroatoms. The lowest BCUT2D eigenvalue weighted by molar-refractivity contribution is 0.149. The zero-order valence-corrected chi connectivity index (χ0v) is 19.0. The van der Waals surface area contributed by atoms with Crippen LogP contribution in [0, 0.1) is 17.7 Å². The molecule has 4 atom stereocenters. The van der Waals surface area contributed by atoms with Gasteiger partial charge in [-0.3, -0.25) is 4.98 Å². The first kappa shape index (κ1) is 22.0. The summed E-state index contributed by atoms with van der Waals surface area (Å²) in [5.41, 5.74) is 9.54. The van der Waals surface area contributed by atoms with Gasteiger partial charge in [-0.1, -0.05) is 0 Å². The number of aliphatic hydroxyl groups excluding tert-OH is 1. The molecule has 4 heterocycles. The highest BCUT2D eigenvalue weighted by molar-refractivity contribution is 5.95. The minimum absolute atomic E-state index is 0.172. The molecule has 0 spiro atoms. The number of fused-ring (bicyclic) bond motifs is 2. The largest absolute Gasteiger partial charge is 0.494 e. The third-order valence-corrected chi connectivity index (χ3v) is 6.96. The highest BCUT2D eigenvalue weighted by Crippen LogP contribution is 2.38. The van der Waals surface area contributed by atoms with Crippen molar-refractivity contribution in [2.24, 2.45) is 17.6 Å². The maximum absolute atomic E-state index is 14.7. The summed E-state index contributed by atoms with van der Waals surface area (Å²) in [5, 5.41) is 14.5. The van der Waals surface area contributed by atoms with Gasteiger partial charge >= 0.3 is 0 Å². The van der Waals surface area contributed by atoms with Crippen molar-refractivity contribution in [1.29, 1.82) is 0 Å². The van der Waals surface area contributed by atoms with Crippen LogP contribution >= 0.6 is 0 Å². The second-order valence-electron chi connectivity index (χ2n) is 9.22. The number of aromatic nitrogens is 2. The van der Waals surface area contributed by atoms with Gasteiger partial charge in [0, 0.05) is 48.0 Å². The van der Waals surface area contributed by atoms with E-state index in [2.05, 4.69) is 15.2 Å². The molecule has 7 nitrogen and oxygen atoms in total. The summed E-state index contributed by atoms with van der Waals surface area (Å²) in [6.07, 6.45) is 2.03. The molecule has 4 unspecified atom stereocenters. The first-order chi connectivity index (χ1) is 15.9. The number of anilines is 1. The van der Waals surface area contributed by atoms with E-state index in [-0.39, 0.29) is 5.75 Å². The zero-order chi connectivity index (χ0) is 23.1. The molecule has 2 aliphatic rings. The number of nitrogens with one attached hydrogen (secondary N) is 1. The van der Waals surface area contributed by atoms with Gasteiger partial charge in [-0.2, -0.15) is 0 Å². The van der Waals surface area contributed by atoms with E-state index in [0.29, 0.717) is 23.0 Å². The Morgan fingerprint density at radius 1 is 1.24 bits per heavy atom. The number of nitrogens with two attached hydrogens (primary N) is 1. The van der Waals surface area contributed by atoms with Crippen molar-refractivity contribution in [2.45, 2.75) is 25.5 Å². The molecule has 0 bridgehead atoms. The van der Waals surface area contributed by atoms with Crippen LogP contribution < -0.4 is 20.7 Å². The predicted molar refractivity (Wildman–Crippen MR) is 127 cm³/mol. The van der Waals surface area contributed by atoms with E-state index in [9.17, 15) is 9.50 Å². The SMILES string of the molecule is COc1cc2nc(-c3ccc(C(O)C(C)N)nc3)cc(N3CC4CCNCC4C3)c2cc1F. The minimum atomic E-state index is -0.826. The van der Waals surface area contributed by atoms with Gasteiger partial charge in [-0.25, -0.2) is 9.37 Å². The second kappa shape index (κ2) is 8.85. The van der Waals surface area contributed by atoms with Crippen molar-refractivity contribution in [3.63, 3.8) is 0 Å². The Hall–Kier alpha value is -2.81. The fraction of sp³-hybridized carbons (Fsp3) is 0.440. The molecule has 0 radical (unpaired) electrons. The Labute approximate surface area is 192 Å². The van der Waals surface area contributed by atoms with E-state index in [1.165, 1.54) is 13.2 Å². The molecule has 3 aromatic rings. The topological polar surface area (TPSA) is 96.5 Å². The van der Waals surface area contributed by atoms with Gasteiger partial charge in [0.25, 0.3) is 0 Å². The third-order valence-electron chi connectivity index (χ3n) is 6.96. The fourth-order valence-electron chi connectivity index (χ4n) is 5.05. The quantitative estimate of drug-likeness (QED) is 0.549. The number of pyridine rings is 2. The normalized spacial score (nSPS) is 22.3. The first-order valence-corrected chi connectivity index (χ1v) is 11.5. The van der Waals surface area contributed by atoms with Gasteiger partial charge in [0.2, 0.25) is 0 Å². The lowest BCUT2D eigenvalue weighted by atomic mass is 9.90. The van der Waals surface area contributed by atoms with Crippen LogP contribution in [0.4, 0.5) is 10.1 Å². The molecular formula is C25H30FN5O2. The van der Waals surface area contributed by atoms with Crippen molar-refractivity contribution in [2.75, 3.05) is 38.2 Å². The van der Waals surface area contributed by atoms with Crippen LogP contribution in [0.5, 0.6) is 5.75 Å². The highest BCUT2D eigenvalue weighted by atomic mass is 19.1. The monoisotopic (exact) mass is 451 g/mol. The van der Waals surface area contributed by atoms with Crippen molar-refractivity contribution in [3.8, 4) is 17.0 Å². The van der Waals surface area contributed by atoms with E-state index >= 15 is 0 Å². The van der Waals surface area contributed by atoms with Crippen LogP contribution in [-0.4, -0.2) is 54.4 Å². The van der Waals surface area contributed by atoms with Crippen LogP contribution in [-0.2, 0) is 0 Å². The third kappa shape index (κ3) is 4.14. The van der Waals surface area contributed by atoms with Gasteiger partial charge in [0.05, 0.1) is 24.0 Å². The van der Waals surface area contributed by atoms with Crippen molar-refractivity contribution in [3.05, 3.63) is 48.0 Å². The molecule has 1 aromatic carbocycles. The summed E-state index contributed by atoms with van der Waals surface area (Å²) in [6.45, 7) is 5.70. The number of halogens is 1. The Morgan fingerprint density at radius 3 is 2.76 bits per heavy atom. The van der Waals surface area contributed by atoms with Gasteiger partial charge < -0.3 is 25.8 Å². The smallest absolute Gasteiger partial charge is 0.165 e. The summed E-state index contributed by atoms with van der Waals surface area (Å²) in [6, 6.07) is 8.46. The number of rotatable bonds is 5. The number of aliphatic hydroxyl groups is 1. The van der Waals surface area contributed by atoms with Crippen molar-refractivity contribution < 1.29 is 14.2 Å². The van der Waals surface area contributed by atoms with Gasteiger partial charge in [-0.15, -0.1) is 0 Å². The Morgan fingerprint density at radius 2 is 2.06 bits per heavy atom. The molecule has 2 aromatic heterocycles. The number of benzene rings is 1. The Bertz CT molecular complexity index is 1140. The van der Waals surface area contributed by atoms with E-state index in [1.807, 2.05) is 12.1 Å². The molecular weight excluding hydrogens is 421 g/mol. The summed E-state index contributed by atoms with van der Waals surface area (Å²) >= 11 is 0. The summed E-state index contributed by atoms with van der Waals surface area (Å²) in [5.74, 6) is 1.01. The molecule has 174 valence electrons. The zero-order valence-electron chi connectivity index (χ0n) is 19.0. The van der Waals surface area contributed by atoms with Crippen molar-refractivity contribution >= 4 is 16.6 Å². The second-order valence-corrected chi connectivity index (χ2v) is 9.22. The van der Waals surface area contributed by atoms with Crippen LogP contribution in [0.3, 0.4) is 0 Å². The van der Waals surface area contributed by atoms with Crippen LogP contribution in [0.2, 0.25) is 0 Å². The minimum Gasteiger partial charge on any atom is -0.494 e. The average molecular weight is 452 g/mol. The number of nitrogens with zero attached hydrogens (tertiary/aromatic N) is 3. The molecule has 0 amide bonds. The number of ether oxygens (including phenoxy) is 1. The molecule has 4 N–H and O–H groups in total. The predicted octanol–water partition coefficient (Wildman–Crippen LogP) is 2.87. The molecule has 0 saturated carbocycles. The molecule has 0 aliphatic carbocycles. The fourth-order valence-corrected chi connectivity index (χ4v) is 5.05. The van der Waals surface area contributed by atoms with Crippen LogP contribution in [0.25, 0.3) is 22.2 Å². The Kier molecular flexibility index (Phi) is 5.90. The summed E-state index contributed by atoms with van der Waals surface area (Å²) < 4.78 is 19.9. The molecule has 5 rings (SSSR count). The molecule has 2 aliphatic heterocycles. The maximum Gasteiger partial charge on any atom is 0.165 e. The molecule has 2 fully saturated rings. The summed E-state index contributed by atoms with van der Waals surface area (Å²) in [7, 11) is 1.46. The highest BCUT2D eigenvalue weighted by Gasteiger charge is 2.35. The van der Waals surface area contributed by atoms with Crippen LogP contribution in [0.15, 0.2) is 36.5 Å². The van der Waals surface area contributed by atoms with E-state index in [4.69, 9.17) is 15.5 Å². The Balaban J connectivity index is 1.59. The van der Waals surface area contributed by atoms with E-state index in [0.717, 1.165) is 54.9 Å². The number of hydrogen-bond acceptors (Lipinski definition) is 7. The van der Waals surface area contributed by atoms with Gasteiger partial charge in [0.1, 0.15) is 6.10 Å². The van der Waals surface area contributed by atoms with Gasteiger partial charge in [-0.05, 0) is 62.5 Å². The molecule has 33 heavy (non-hydrogen) atoms. The van der Waals surface area contributed by atoms with Crippen LogP contribution in [0.1, 0.15) is 25.1 Å².